The molecule has 0 radical (unpaired) electrons. The molecular formula is C72H48Ge2. The second-order valence-electron chi connectivity index (χ2n) is 20.2. The van der Waals surface area contributed by atoms with Gasteiger partial charge in [-0.15, -0.1) is 0 Å². The zero-order valence-electron chi connectivity index (χ0n) is 41.0. The fraction of sp³-hybridized carbons (Fsp3) is 0. The molecule has 0 spiro atoms. The van der Waals surface area contributed by atoms with E-state index in [0.717, 1.165) is 0 Å². The van der Waals surface area contributed by atoms with Gasteiger partial charge in [0.25, 0.3) is 0 Å². The summed E-state index contributed by atoms with van der Waals surface area (Å²) in [6.45, 7) is 0. The first-order valence-electron chi connectivity index (χ1n) is 26.0. The summed E-state index contributed by atoms with van der Waals surface area (Å²) in [5.74, 6) is 0. The van der Waals surface area contributed by atoms with Crippen molar-refractivity contribution in [2.45, 2.75) is 0 Å². The molecule has 1 aliphatic heterocycles. The number of benzene rings is 14. The summed E-state index contributed by atoms with van der Waals surface area (Å²) in [6, 6.07) is 99.2. The Labute approximate surface area is 445 Å². The first-order chi connectivity index (χ1) is 36.7. The predicted octanol–water partition coefficient (Wildman–Crippen LogP) is 15.7. The maximum atomic E-state index is 2.56. The Morgan fingerprint density at radius 3 is 1.04 bits per heavy atom. The van der Waals surface area contributed by atoms with Crippen LogP contribution < -0.4 is 13.2 Å². The zero-order valence-corrected chi connectivity index (χ0v) is 48.2. The molecule has 0 nitrogen and oxygen atoms in total. The zero-order chi connectivity index (χ0) is 48.9. The van der Waals surface area contributed by atoms with Gasteiger partial charge in [-0.3, -0.25) is 0 Å². The van der Waals surface area contributed by atoms with E-state index in [1.165, 1.54) is 147 Å². The molecule has 0 atom stereocenters. The molecule has 1 aliphatic rings. The van der Waals surface area contributed by atoms with Crippen LogP contribution >= 0.6 is 0 Å². The van der Waals surface area contributed by atoms with Crippen molar-refractivity contribution in [3.8, 4) is 77.9 Å². The van der Waals surface area contributed by atoms with Crippen LogP contribution in [-0.4, -0.2) is 31.9 Å². The van der Waals surface area contributed by atoms with Gasteiger partial charge in [-0.25, -0.2) is 0 Å². The number of hydrogen-bond acceptors (Lipinski definition) is 0. The molecule has 0 aliphatic carbocycles. The normalized spacial score (nSPS) is 12.4. The van der Waals surface area contributed by atoms with Crippen LogP contribution in [0.3, 0.4) is 0 Å². The van der Waals surface area contributed by atoms with Crippen molar-refractivity contribution in [3.63, 3.8) is 0 Å². The molecule has 0 saturated carbocycles. The van der Waals surface area contributed by atoms with Gasteiger partial charge >= 0.3 is 342 Å². The Balaban J connectivity index is 1.13. The van der Waals surface area contributed by atoms with Crippen molar-refractivity contribution >= 4 is 110 Å². The molecule has 0 saturated heterocycles. The van der Waals surface area contributed by atoms with E-state index >= 15 is 0 Å². The van der Waals surface area contributed by atoms with E-state index in [9.17, 15) is 0 Å². The molecule has 0 fully saturated rings. The molecule has 0 unspecified atom stereocenters. The molecule has 14 aromatic carbocycles. The van der Waals surface area contributed by atoms with Gasteiger partial charge in [-0.1, -0.05) is 84.9 Å². The first-order valence-corrected chi connectivity index (χ1v) is 31.0. The molecule has 0 aromatic heterocycles. The van der Waals surface area contributed by atoms with Crippen LogP contribution in [0.25, 0.3) is 143 Å². The SMILES string of the molecule is [GeH3][c]1ccccc1-c1ccccc1-c1cccc2c(-c3c4cccc(-c5cccc6ccccc56)c4cc4c(-c5cccc6ccccc56)cccc34)c3cccc(-c4ccc[c]5c4-c4cccc[c]4[GeH2]5)c3cc12. The van der Waals surface area contributed by atoms with Crippen LogP contribution in [0.2, 0.25) is 0 Å². The standard InChI is InChI=1S/C72H48Ge2/c73-67-39-9-7-26-56(67)51-25-6-5-24-50(51)54-32-15-36-60-65(54)43-66-55(57-38-17-41-69-70(57)62-27-8-10-40-68(62)74-69)33-16-37-61(66)72(60)71-58-34-13-30-52(48-28-11-20-44-18-1-3-22-46(44)48)63(58)42-64-53(31-14-35-59(64)71)49-29-12-21-45-19-2-4-23-47(45)49/h1-43H,74H2,73H3. The van der Waals surface area contributed by atoms with E-state index in [1.807, 2.05) is 0 Å². The summed E-state index contributed by atoms with van der Waals surface area (Å²) in [6.07, 6.45) is 0. The molecule has 1 heterocycles. The Kier molecular flexibility index (Phi) is 10.2. The second-order valence-corrected chi connectivity index (χ2v) is 26.4. The predicted molar refractivity (Wildman–Crippen MR) is 327 cm³/mol. The van der Waals surface area contributed by atoms with E-state index < -0.39 is 15.4 Å². The van der Waals surface area contributed by atoms with Crippen molar-refractivity contribution < 1.29 is 0 Å². The fourth-order valence-corrected chi connectivity index (χ4v) is 18.4. The van der Waals surface area contributed by atoms with Crippen molar-refractivity contribution in [1.82, 2.24) is 0 Å². The van der Waals surface area contributed by atoms with E-state index in [0.29, 0.717) is 16.5 Å². The summed E-state index contributed by atoms with van der Waals surface area (Å²) in [5, 5.41) is 15.0. The molecule has 0 N–H and O–H groups in total. The van der Waals surface area contributed by atoms with Gasteiger partial charge in [0.05, 0.1) is 0 Å². The molecule has 344 valence electrons. The molecule has 74 heavy (non-hydrogen) atoms. The number of fused-ring (bicyclic) bond motifs is 9. The van der Waals surface area contributed by atoms with Crippen LogP contribution in [0.5, 0.6) is 0 Å². The molecule has 2 heteroatoms. The maximum absolute atomic E-state index is 2.56. The molecule has 15 rings (SSSR count). The van der Waals surface area contributed by atoms with Crippen LogP contribution in [-0.2, 0) is 0 Å². The minimum absolute atomic E-state index is 0.511. The quantitative estimate of drug-likeness (QED) is 0.115. The van der Waals surface area contributed by atoms with E-state index in [1.54, 1.807) is 8.79 Å². The molecule has 0 bridgehead atoms. The topological polar surface area (TPSA) is 0 Å². The fourth-order valence-electron chi connectivity index (χ4n) is 13.0. The van der Waals surface area contributed by atoms with Gasteiger partial charge in [0, 0.05) is 0 Å². The Bertz CT molecular complexity index is 4510. The van der Waals surface area contributed by atoms with E-state index in [4.69, 9.17) is 0 Å². The van der Waals surface area contributed by atoms with E-state index in [-0.39, 0.29) is 0 Å². The molecular weight excluding hydrogens is 1010 g/mol. The molecule has 14 aromatic rings. The minimum atomic E-state index is -1.17. The Morgan fingerprint density at radius 2 is 0.514 bits per heavy atom. The van der Waals surface area contributed by atoms with Crippen molar-refractivity contribution in [3.05, 3.63) is 261 Å². The van der Waals surface area contributed by atoms with E-state index in [2.05, 4.69) is 261 Å². The van der Waals surface area contributed by atoms with Gasteiger partial charge in [-0.05, 0) is 21.5 Å². The van der Waals surface area contributed by atoms with Gasteiger partial charge in [0.15, 0.2) is 0 Å². The summed E-state index contributed by atoms with van der Waals surface area (Å²) >= 11 is -0.655. The summed E-state index contributed by atoms with van der Waals surface area (Å²) in [5.41, 5.74) is 18.1. The number of rotatable bonds is 6. The summed E-state index contributed by atoms with van der Waals surface area (Å²) in [4.78, 5) is 0. The third-order valence-electron chi connectivity index (χ3n) is 16.2. The summed E-state index contributed by atoms with van der Waals surface area (Å²) in [7, 11) is 0. The van der Waals surface area contributed by atoms with Crippen LogP contribution in [0.15, 0.2) is 261 Å². The third-order valence-corrected chi connectivity index (χ3v) is 22.2. The molecule has 0 amide bonds. The summed E-state index contributed by atoms with van der Waals surface area (Å²) < 4.78 is 4.61. The average Bonchev–Trinajstić information content (AvgIpc) is 3.87. The second kappa shape index (κ2) is 17.5. The van der Waals surface area contributed by atoms with Gasteiger partial charge in [0.1, 0.15) is 0 Å². The monoisotopic (exact) mass is 1060 g/mol. The third kappa shape index (κ3) is 6.75. The Morgan fingerprint density at radius 1 is 0.203 bits per heavy atom. The van der Waals surface area contributed by atoms with Crippen LogP contribution in [0, 0.1) is 0 Å². The Hall–Kier alpha value is -8.27. The van der Waals surface area contributed by atoms with Crippen LogP contribution in [0.1, 0.15) is 0 Å². The van der Waals surface area contributed by atoms with Gasteiger partial charge in [0.2, 0.25) is 0 Å². The number of hydrogen-bond donors (Lipinski definition) is 0. The first kappa shape index (κ1) is 43.3. The van der Waals surface area contributed by atoms with Gasteiger partial charge in [-0.2, -0.15) is 0 Å². The average molecular weight is 1060 g/mol. The van der Waals surface area contributed by atoms with Crippen molar-refractivity contribution in [2.75, 3.05) is 0 Å². The van der Waals surface area contributed by atoms with Crippen LogP contribution in [0.4, 0.5) is 0 Å². The van der Waals surface area contributed by atoms with Gasteiger partial charge < -0.3 is 0 Å². The van der Waals surface area contributed by atoms with Crippen molar-refractivity contribution in [1.29, 1.82) is 0 Å². The van der Waals surface area contributed by atoms with Crippen molar-refractivity contribution in [2.24, 2.45) is 0 Å².